The van der Waals surface area contributed by atoms with E-state index < -0.39 is 0 Å². The Morgan fingerprint density at radius 1 is 1.33 bits per heavy atom. The highest BCUT2D eigenvalue weighted by molar-refractivity contribution is 5.82. The van der Waals surface area contributed by atoms with E-state index in [1.54, 1.807) is 0 Å². The van der Waals surface area contributed by atoms with E-state index in [9.17, 15) is 4.79 Å². The van der Waals surface area contributed by atoms with Crippen LogP contribution in [0.25, 0.3) is 0 Å². The van der Waals surface area contributed by atoms with Crippen LogP contribution in [0, 0.1) is 11.3 Å². The Labute approximate surface area is 91.0 Å². The van der Waals surface area contributed by atoms with Gasteiger partial charge in [-0.15, -0.1) is 0 Å². The number of hydrogen-bond donors (Lipinski definition) is 2. The molecule has 1 saturated heterocycles. The molecule has 1 aliphatic heterocycles. The van der Waals surface area contributed by atoms with E-state index in [1.165, 1.54) is 25.7 Å². The van der Waals surface area contributed by atoms with Crippen molar-refractivity contribution in [2.75, 3.05) is 13.1 Å². The average molecular weight is 208 g/mol. The third-order valence-corrected chi connectivity index (χ3v) is 4.33. The van der Waals surface area contributed by atoms with Gasteiger partial charge in [-0.05, 0) is 56.4 Å². The van der Waals surface area contributed by atoms with Gasteiger partial charge in [-0.3, -0.25) is 4.79 Å². The molecule has 3 fully saturated rings. The Hall–Kier alpha value is -0.570. The molecule has 0 bridgehead atoms. The Balaban J connectivity index is 1.47. The Morgan fingerprint density at radius 2 is 2.13 bits per heavy atom. The van der Waals surface area contributed by atoms with Crippen LogP contribution in [-0.4, -0.2) is 25.0 Å². The summed E-state index contributed by atoms with van der Waals surface area (Å²) in [6.45, 7) is 1.94. The number of rotatable bonds is 4. The molecule has 0 spiro atoms. The molecule has 84 valence electrons. The normalized spacial score (nSPS) is 32.7. The van der Waals surface area contributed by atoms with Gasteiger partial charge in [-0.1, -0.05) is 0 Å². The van der Waals surface area contributed by atoms with Crippen molar-refractivity contribution in [3.05, 3.63) is 0 Å². The molecule has 0 radical (unpaired) electrons. The Morgan fingerprint density at radius 3 is 2.67 bits per heavy atom. The van der Waals surface area contributed by atoms with Crippen LogP contribution in [0.15, 0.2) is 0 Å². The van der Waals surface area contributed by atoms with Gasteiger partial charge in [-0.2, -0.15) is 0 Å². The van der Waals surface area contributed by atoms with Gasteiger partial charge in [0, 0.05) is 6.54 Å². The molecule has 3 heteroatoms. The lowest BCUT2D eigenvalue weighted by molar-refractivity contribution is -0.123. The molecule has 1 amide bonds. The smallest absolute Gasteiger partial charge is 0.237 e. The van der Waals surface area contributed by atoms with Crippen LogP contribution < -0.4 is 10.6 Å². The van der Waals surface area contributed by atoms with Crippen LogP contribution in [0.1, 0.15) is 38.5 Å². The van der Waals surface area contributed by atoms with Crippen molar-refractivity contribution in [1.29, 1.82) is 0 Å². The van der Waals surface area contributed by atoms with Gasteiger partial charge < -0.3 is 10.6 Å². The van der Waals surface area contributed by atoms with Gasteiger partial charge in [0.05, 0.1) is 6.04 Å². The third kappa shape index (κ3) is 1.89. The fraction of sp³-hybridized carbons (Fsp3) is 0.917. The predicted octanol–water partition coefficient (Wildman–Crippen LogP) is 1.04. The zero-order valence-corrected chi connectivity index (χ0v) is 9.22. The van der Waals surface area contributed by atoms with E-state index in [4.69, 9.17) is 0 Å². The minimum Gasteiger partial charge on any atom is -0.354 e. The summed E-state index contributed by atoms with van der Waals surface area (Å²) in [5.74, 6) is 1.17. The molecule has 3 aliphatic rings. The summed E-state index contributed by atoms with van der Waals surface area (Å²) in [4.78, 5) is 11.8. The van der Waals surface area contributed by atoms with E-state index in [0.717, 1.165) is 31.8 Å². The number of carbonyl (C=O) groups is 1. The second kappa shape index (κ2) is 3.48. The molecule has 0 aromatic rings. The molecule has 0 aromatic heterocycles. The summed E-state index contributed by atoms with van der Waals surface area (Å²) in [6, 6.07) is 0.0972. The molecular formula is C12H20N2O. The lowest BCUT2D eigenvalue weighted by Crippen LogP contribution is -2.42. The van der Waals surface area contributed by atoms with Crippen LogP contribution >= 0.6 is 0 Å². The SMILES string of the molecule is O=C(NCC1(C2CC2)CC1)[C@@H]1CCCN1. The van der Waals surface area contributed by atoms with Crippen molar-refractivity contribution in [1.82, 2.24) is 10.6 Å². The summed E-state index contributed by atoms with van der Waals surface area (Å²) < 4.78 is 0. The molecule has 0 aromatic carbocycles. The fourth-order valence-corrected chi connectivity index (χ4v) is 2.88. The van der Waals surface area contributed by atoms with Crippen LogP contribution in [0.4, 0.5) is 0 Å². The first-order valence-corrected chi connectivity index (χ1v) is 6.31. The quantitative estimate of drug-likeness (QED) is 0.725. The van der Waals surface area contributed by atoms with Gasteiger partial charge in [0.2, 0.25) is 5.91 Å². The lowest BCUT2D eigenvalue weighted by Gasteiger charge is -2.17. The predicted molar refractivity (Wildman–Crippen MR) is 58.4 cm³/mol. The maximum absolute atomic E-state index is 11.8. The third-order valence-electron chi connectivity index (χ3n) is 4.33. The summed E-state index contributed by atoms with van der Waals surface area (Å²) >= 11 is 0. The van der Waals surface area contributed by atoms with E-state index in [1.807, 2.05) is 0 Å². The molecule has 15 heavy (non-hydrogen) atoms. The first-order chi connectivity index (χ1) is 7.30. The second-order valence-corrected chi connectivity index (χ2v) is 5.50. The number of nitrogens with one attached hydrogen (secondary N) is 2. The van der Waals surface area contributed by atoms with Crippen molar-refractivity contribution in [2.24, 2.45) is 11.3 Å². The van der Waals surface area contributed by atoms with Gasteiger partial charge in [-0.25, -0.2) is 0 Å². The highest BCUT2D eigenvalue weighted by Crippen LogP contribution is 2.60. The van der Waals surface area contributed by atoms with Crippen LogP contribution in [-0.2, 0) is 4.79 Å². The number of hydrogen-bond acceptors (Lipinski definition) is 2. The maximum Gasteiger partial charge on any atom is 0.237 e. The van der Waals surface area contributed by atoms with E-state index in [0.29, 0.717) is 5.41 Å². The highest BCUT2D eigenvalue weighted by Gasteiger charge is 2.53. The molecule has 2 N–H and O–H groups in total. The molecule has 3 nitrogen and oxygen atoms in total. The molecular weight excluding hydrogens is 188 g/mol. The topological polar surface area (TPSA) is 41.1 Å². The first kappa shape index (κ1) is 9.64. The standard InChI is InChI=1S/C12H20N2O/c15-11(10-2-1-7-13-10)14-8-12(5-6-12)9-3-4-9/h9-10,13H,1-8H2,(H,14,15)/t10-/m0/s1. The maximum atomic E-state index is 11.8. The summed E-state index contributed by atoms with van der Waals surface area (Å²) in [6.07, 6.45) is 7.65. The molecule has 2 saturated carbocycles. The first-order valence-electron chi connectivity index (χ1n) is 6.31. The Kier molecular flexibility index (Phi) is 2.23. The second-order valence-electron chi connectivity index (χ2n) is 5.50. The van der Waals surface area contributed by atoms with Crippen molar-refractivity contribution < 1.29 is 4.79 Å². The summed E-state index contributed by atoms with van der Waals surface area (Å²) in [5.41, 5.74) is 0.536. The lowest BCUT2D eigenvalue weighted by atomic mass is 10.0. The monoisotopic (exact) mass is 208 g/mol. The van der Waals surface area contributed by atoms with Crippen molar-refractivity contribution in [3.63, 3.8) is 0 Å². The zero-order chi connectivity index (χ0) is 10.3. The largest absolute Gasteiger partial charge is 0.354 e. The zero-order valence-electron chi connectivity index (χ0n) is 9.22. The number of amides is 1. The van der Waals surface area contributed by atoms with Gasteiger partial charge in [0.25, 0.3) is 0 Å². The number of carbonyl (C=O) groups excluding carboxylic acids is 1. The molecule has 1 atom stereocenters. The van der Waals surface area contributed by atoms with Crippen LogP contribution in [0.3, 0.4) is 0 Å². The van der Waals surface area contributed by atoms with Gasteiger partial charge >= 0.3 is 0 Å². The van der Waals surface area contributed by atoms with E-state index in [-0.39, 0.29) is 11.9 Å². The molecule has 3 rings (SSSR count). The highest BCUT2D eigenvalue weighted by atomic mass is 16.2. The van der Waals surface area contributed by atoms with E-state index in [2.05, 4.69) is 10.6 Å². The van der Waals surface area contributed by atoms with E-state index >= 15 is 0 Å². The van der Waals surface area contributed by atoms with Crippen LogP contribution in [0.2, 0.25) is 0 Å². The average Bonchev–Trinajstić information content (AvgIpc) is 3.14. The minimum absolute atomic E-state index is 0.0972. The van der Waals surface area contributed by atoms with Gasteiger partial charge in [0.1, 0.15) is 0 Å². The summed E-state index contributed by atoms with van der Waals surface area (Å²) in [7, 11) is 0. The minimum atomic E-state index is 0.0972. The van der Waals surface area contributed by atoms with Gasteiger partial charge in [0.15, 0.2) is 0 Å². The summed E-state index contributed by atoms with van der Waals surface area (Å²) in [5, 5.41) is 6.39. The van der Waals surface area contributed by atoms with Crippen molar-refractivity contribution >= 4 is 5.91 Å². The van der Waals surface area contributed by atoms with Crippen molar-refractivity contribution in [3.8, 4) is 0 Å². The molecule has 2 aliphatic carbocycles. The van der Waals surface area contributed by atoms with Crippen molar-refractivity contribution in [2.45, 2.75) is 44.6 Å². The Bertz CT molecular complexity index is 263. The fourth-order valence-electron chi connectivity index (χ4n) is 2.88. The van der Waals surface area contributed by atoms with Crippen LogP contribution in [0.5, 0.6) is 0 Å². The molecule has 0 unspecified atom stereocenters. The molecule has 1 heterocycles.